The van der Waals surface area contributed by atoms with Crippen LogP contribution in [0.2, 0.25) is 5.02 Å². The highest BCUT2D eigenvalue weighted by atomic mass is 35.5. The lowest BCUT2D eigenvalue weighted by molar-refractivity contribution is 0.294. The number of hydrogen-bond acceptors (Lipinski definition) is 3. The van der Waals surface area contributed by atoms with E-state index in [9.17, 15) is 0 Å². The maximum absolute atomic E-state index is 6.03. The smallest absolute Gasteiger partial charge is 0.143 e. The van der Waals surface area contributed by atoms with Crippen LogP contribution in [-0.4, -0.2) is 32.1 Å². The highest BCUT2D eigenvalue weighted by molar-refractivity contribution is 6.31. The molecule has 0 aromatic heterocycles. The molecule has 0 radical (unpaired) electrons. The molecule has 0 aliphatic heterocycles. The van der Waals surface area contributed by atoms with Gasteiger partial charge in [-0.3, -0.25) is 0 Å². The molecule has 0 fully saturated rings. The Morgan fingerprint density at radius 2 is 2.00 bits per heavy atom. The number of hydrogen-bond donors (Lipinski definition) is 1. The van der Waals surface area contributed by atoms with E-state index >= 15 is 0 Å². The Morgan fingerprint density at radius 3 is 2.65 bits per heavy atom. The summed E-state index contributed by atoms with van der Waals surface area (Å²) in [5.74, 6) is 0.686. The number of benzene rings is 1. The number of rotatable bonds is 6. The minimum absolute atomic E-state index is 0.652. The molecule has 0 spiro atoms. The summed E-state index contributed by atoms with van der Waals surface area (Å²) < 4.78 is 5.63. The molecule has 0 unspecified atom stereocenters. The highest BCUT2D eigenvalue weighted by Gasteiger charge is 2.04. The number of nitrogens with zero attached hydrogens (tertiary/aromatic N) is 1. The van der Waals surface area contributed by atoms with Gasteiger partial charge in [-0.1, -0.05) is 11.6 Å². The highest BCUT2D eigenvalue weighted by Crippen LogP contribution is 2.28. The number of aryl methyl sites for hydroxylation is 1. The standard InChI is InChI=1S/C13H21ClN2O/c1-10-8-12(15)13(9-11(10)14)17-7-5-4-6-16(2)3/h8-9H,4-7,15H2,1-3H3. The molecule has 0 saturated heterocycles. The first-order valence-corrected chi connectivity index (χ1v) is 6.21. The third-order valence-electron chi connectivity index (χ3n) is 2.55. The van der Waals surface area contributed by atoms with Crippen LogP contribution in [0.5, 0.6) is 5.75 Å². The van der Waals surface area contributed by atoms with Gasteiger partial charge in [-0.15, -0.1) is 0 Å². The Hall–Kier alpha value is -0.930. The summed E-state index contributed by atoms with van der Waals surface area (Å²) in [6, 6.07) is 3.63. The zero-order valence-corrected chi connectivity index (χ0v) is 11.5. The van der Waals surface area contributed by atoms with E-state index < -0.39 is 0 Å². The van der Waals surface area contributed by atoms with Crippen molar-refractivity contribution < 1.29 is 4.74 Å². The molecule has 4 heteroatoms. The van der Waals surface area contributed by atoms with Crippen molar-refractivity contribution >= 4 is 17.3 Å². The van der Waals surface area contributed by atoms with E-state index in [0.29, 0.717) is 23.1 Å². The third kappa shape index (κ3) is 4.84. The fourth-order valence-corrected chi connectivity index (χ4v) is 1.68. The number of anilines is 1. The predicted molar refractivity (Wildman–Crippen MR) is 73.9 cm³/mol. The van der Waals surface area contributed by atoms with Crippen molar-refractivity contribution in [2.24, 2.45) is 0 Å². The molecule has 0 aliphatic carbocycles. The van der Waals surface area contributed by atoms with Gasteiger partial charge < -0.3 is 15.4 Å². The molecular weight excluding hydrogens is 236 g/mol. The quantitative estimate of drug-likeness (QED) is 0.628. The summed E-state index contributed by atoms with van der Waals surface area (Å²) in [6.45, 7) is 3.69. The van der Waals surface area contributed by atoms with Gasteiger partial charge in [0.05, 0.1) is 12.3 Å². The van der Waals surface area contributed by atoms with Crippen molar-refractivity contribution in [3.8, 4) is 5.75 Å². The fraction of sp³-hybridized carbons (Fsp3) is 0.538. The predicted octanol–water partition coefficient (Wildman–Crippen LogP) is 2.95. The molecule has 3 nitrogen and oxygen atoms in total. The Bertz CT molecular complexity index is 367. The number of halogens is 1. The van der Waals surface area contributed by atoms with Gasteiger partial charge in [0, 0.05) is 11.1 Å². The average Bonchev–Trinajstić information content (AvgIpc) is 2.24. The Labute approximate surface area is 109 Å². The number of ether oxygens (including phenoxy) is 1. The second-order valence-corrected chi connectivity index (χ2v) is 4.91. The van der Waals surface area contributed by atoms with Crippen LogP contribution in [0.15, 0.2) is 12.1 Å². The van der Waals surface area contributed by atoms with Gasteiger partial charge in [0.1, 0.15) is 5.75 Å². The topological polar surface area (TPSA) is 38.5 Å². The second-order valence-electron chi connectivity index (χ2n) is 4.50. The summed E-state index contributed by atoms with van der Waals surface area (Å²) >= 11 is 6.03. The Balaban J connectivity index is 2.39. The lowest BCUT2D eigenvalue weighted by Crippen LogP contribution is -2.13. The van der Waals surface area contributed by atoms with E-state index in [-0.39, 0.29) is 0 Å². The van der Waals surface area contributed by atoms with Crippen molar-refractivity contribution in [3.63, 3.8) is 0 Å². The van der Waals surface area contributed by atoms with Gasteiger partial charge in [-0.25, -0.2) is 0 Å². The first-order valence-electron chi connectivity index (χ1n) is 5.84. The molecule has 0 bridgehead atoms. The van der Waals surface area contributed by atoms with Gasteiger partial charge in [0.2, 0.25) is 0 Å². The lowest BCUT2D eigenvalue weighted by Gasteiger charge is -2.12. The minimum Gasteiger partial charge on any atom is -0.491 e. The largest absolute Gasteiger partial charge is 0.491 e. The summed E-state index contributed by atoms with van der Waals surface area (Å²) in [7, 11) is 4.14. The first kappa shape index (κ1) is 14.1. The lowest BCUT2D eigenvalue weighted by atomic mass is 10.2. The van der Waals surface area contributed by atoms with Gasteiger partial charge in [-0.05, 0) is 52.0 Å². The maximum atomic E-state index is 6.03. The molecule has 0 atom stereocenters. The van der Waals surface area contributed by atoms with E-state index in [4.69, 9.17) is 22.1 Å². The van der Waals surface area contributed by atoms with Crippen LogP contribution in [0.3, 0.4) is 0 Å². The molecular formula is C13H21ClN2O. The number of nitrogens with two attached hydrogens (primary N) is 1. The van der Waals surface area contributed by atoms with E-state index in [1.54, 1.807) is 6.07 Å². The molecule has 1 aromatic carbocycles. The summed E-state index contributed by atoms with van der Waals surface area (Å²) in [6.07, 6.45) is 2.13. The van der Waals surface area contributed by atoms with Gasteiger partial charge >= 0.3 is 0 Å². The second kappa shape index (κ2) is 6.72. The third-order valence-corrected chi connectivity index (χ3v) is 2.96. The zero-order valence-electron chi connectivity index (χ0n) is 10.8. The fourth-order valence-electron chi connectivity index (χ4n) is 1.52. The normalized spacial score (nSPS) is 10.9. The van der Waals surface area contributed by atoms with Gasteiger partial charge in [0.15, 0.2) is 0 Å². The molecule has 96 valence electrons. The van der Waals surface area contributed by atoms with Crippen LogP contribution >= 0.6 is 11.6 Å². The zero-order chi connectivity index (χ0) is 12.8. The molecule has 0 saturated carbocycles. The minimum atomic E-state index is 0.652. The van der Waals surface area contributed by atoms with Crippen LogP contribution in [0.1, 0.15) is 18.4 Å². The molecule has 0 heterocycles. The maximum Gasteiger partial charge on any atom is 0.143 e. The Kier molecular flexibility index (Phi) is 5.59. The average molecular weight is 257 g/mol. The molecule has 0 amide bonds. The van der Waals surface area contributed by atoms with Crippen molar-refractivity contribution in [3.05, 3.63) is 22.7 Å². The van der Waals surface area contributed by atoms with E-state index in [1.165, 1.54) is 0 Å². The van der Waals surface area contributed by atoms with E-state index in [2.05, 4.69) is 19.0 Å². The van der Waals surface area contributed by atoms with Crippen LogP contribution in [-0.2, 0) is 0 Å². The monoisotopic (exact) mass is 256 g/mol. The van der Waals surface area contributed by atoms with E-state index in [0.717, 1.165) is 24.9 Å². The number of unbranched alkanes of at least 4 members (excludes halogenated alkanes) is 1. The molecule has 2 N–H and O–H groups in total. The molecule has 1 aromatic rings. The SMILES string of the molecule is Cc1cc(N)c(OCCCCN(C)C)cc1Cl. The summed E-state index contributed by atoms with van der Waals surface area (Å²) in [5, 5.41) is 0.697. The van der Waals surface area contributed by atoms with Crippen LogP contribution in [0.25, 0.3) is 0 Å². The Morgan fingerprint density at radius 1 is 1.29 bits per heavy atom. The van der Waals surface area contributed by atoms with Crippen molar-refractivity contribution in [2.75, 3.05) is 33.0 Å². The van der Waals surface area contributed by atoms with Crippen molar-refractivity contribution in [2.45, 2.75) is 19.8 Å². The van der Waals surface area contributed by atoms with Gasteiger partial charge in [0.25, 0.3) is 0 Å². The van der Waals surface area contributed by atoms with Crippen molar-refractivity contribution in [1.82, 2.24) is 4.90 Å². The van der Waals surface area contributed by atoms with E-state index in [1.807, 2.05) is 13.0 Å². The number of nitrogen functional groups attached to an aromatic ring is 1. The van der Waals surface area contributed by atoms with Gasteiger partial charge in [-0.2, -0.15) is 0 Å². The molecule has 17 heavy (non-hydrogen) atoms. The van der Waals surface area contributed by atoms with Crippen LogP contribution < -0.4 is 10.5 Å². The van der Waals surface area contributed by atoms with Crippen LogP contribution in [0, 0.1) is 6.92 Å². The summed E-state index contributed by atoms with van der Waals surface area (Å²) in [4.78, 5) is 2.16. The molecule has 0 aliphatic rings. The summed E-state index contributed by atoms with van der Waals surface area (Å²) in [5.41, 5.74) is 7.49. The molecule has 1 rings (SSSR count). The van der Waals surface area contributed by atoms with Crippen molar-refractivity contribution in [1.29, 1.82) is 0 Å². The van der Waals surface area contributed by atoms with Crippen LogP contribution in [0.4, 0.5) is 5.69 Å². The first-order chi connectivity index (χ1) is 8.00.